The summed E-state index contributed by atoms with van der Waals surface area (Å²) in [5.74, 6) is 2.57. The summed E-state index contributed by atoms with van der Waals surface area (Å²) >= 11 is 1.81. The van der Waals surface area contributed by atoms with E-state index in [1.54, 1.807) is 4.31 Å². The van der Waals surface area contributed by atoms with Crippen molar-refractivity contribution in [3.05, 3.63) is 12.2 Å². The Bertz CT molecular complexity index is 491. The van der Waals surface area contributed by atoms with Gasteiger partial charge in [0.1, 0.15) is 0 Å². The molecule has 2 aliphatic rings. The molecule has 0 saturated carbocycles. The van der Waals surface area contributed by atoms with E-state index in [-0.39, 0.29) is 5.75 Å². The third-order valence-electron chi connectivity index (χ3n) is 3.68. The average molecular weight is 347 g/mol. The van der Waals surface area contributed by atoms with E-state index in [0.717, 1.165) is 30.9 Å². The Morgan fingerprint density at radius 3 is 2.64 bits per heavy atom. The van der Waals surface area contributed by atoms with Crippen LogP contribution in [0.1, 0.15) is 19.8 Å². The summed E-state index contributed by atoms with van der Waals surface area (Å²) in [5.41, 5.74) is 0. The Hall–Kier alpha value is -0.730. The lowest BCUT2D eigenvalue weighted by atomic mass is 10.2. The van der Waals surface area contributed by atoms with Gasteiger partial charge in [-0.2, -0.15) is 11.8 Å². The molecule has 0 atom stereocenters. The van der Waals surface area contributed by atoms with Crippen LogP contribution in [-0.2, 0) is 10.0 Å². The number of nitrogens with zero attached hydrogens (tertiary/aromatic N) is 2. The maximum Gasteiger partial charge on any atom is 0.215 e. The molecular formula is C14H26N4O2S2. The lowest BCUT2D eigenvalue weighted by Gasteiger charge is -2.25. The molecule has 1 aliphatic heterocycles. The van der Waals surface area contributed by atoms with Crippen molar-refractivity contribution in [2.24, 2.45) is 4.99 Å². The number of hydrogen-bond donors (Lipinski definition) is 2. The van der Waals surface area contributed by atoms with Crippen LogP contribution in [0.25, 0.3) is 0 Å². The standard InChI is InChI=1S/C14H26N4O2S2/c1-2-15-14(17-13-5-3-4-6-13)16-7-12-22(19,20)18-8-10-21-11-9-18/h3-4,13H,2,5-12H2,1H3,(H2,15,16,17). The van der Waals surface area contributed by atoms with Gasteiger partial charge in [-0.05, 0) is 19.8 Å². The van der Waals surface area contributed by atoms with Crippen molar-refractivity contribution in [1.29, 1.82) is 0 Å². The van der Waals surface area contributed by atoms with Gasteiger partial charge in [-0.1, -0.05) is 12.2 Å². The maximum atomic E-state index is 12.3. The van der Waals surface area contributed by atoms with E-state index in [4.69, 9.17) is 0 Å². The van der Waals surface area contributed by atoms with Gasteiger partial charge < -0.3 is 10.6 Å². The van der Waals surface area contributed by atoms with Gasteiger partial charge in [0.15, 0.2) is 5.96 Å². The summed E-state index contributed by atoms with van der Waals surface area (Å²) in [4.78, 5) is 4.41. The molecule has 0 aromatic carbocycles. The first-order valence-corrected chi connectivity index (χ1v) is 10.6. The van der Waals surface area contributed by atoms with Crippen molar-refractivity contribution in [3.63, 3.8) is 0 Å². The van der Waals surface area contributed by atoms with Crippen molar-refractivity contribution in [3.8, 4) is 0 Å². The molecule has 2 N–H and O–H groups in total. The number of sulfonamides is 1. The van der Waals surface area contributed by atoms with Crippen LogP contribution in [0.4, 0.5) is 0 Å². The summed E-state index contributed by atoms with van der Waals surface area (Å²) < 4.78 is 26.1. The van der Waals surface area contributed by atoms with Crippen LogP contribution in [0, 0.1) is 0 Å². The quantitative estimate of drug-likeness (QED) is 0.419. The first kappa shape index (κ1) is 17.6. The highest BCUT2D eigenvalue weighted by atomic mass is 32.2. The molecule has 2 rings (SSSR count). The Labute approximate surface area is 137 Å². The van der Waals surface area contributed by atoms with Crippen molar-refractivity contribution in [1.82, 2.24) is 14.9 Å². The van der Waals surface area contributed by atoms with E-state index in [0.29, 0.717) is 31.6 Å². The summed E-state index contributed by atoms with van der Waals surface area (Å²) in [6, 6.07) is 0.369. The number of nitrogens with one attached hydrogen (secondary N) is 2. The lowest BCUT2D eigenvalue weighted by Crippen LogP contribution is -2.43. The summed E-state index contributed by atoms with van der Waals surface area (Å²) in [6.45, 7) is 4.32. The fraction of sp³-hybridized carbons (Fsp3) is 0.786. The molecule has 0 bridgehead atoms. The second-order valence-corrected chi connectivity index (χ2v) is 8.69. The Balaban J connectivity index is 1.83. The van der Waals surface area contributed by atoms with Crippen LogP contribution in [0.3, 0.4) is 0 Å². The van der Waals surface area contributed by atoms with E-state index in [9.17, 15) is 8.42 Å². The van der Waals surface area contributed by atoms with Crippen LogP contribution in [0.5, 0.6) is 0 Å². The minimum atomic E-state index is -3.18. The minimum Gasteiger partial charge on any atom is -0.357 e. The van der Waals surface area contributed by atoms with Crippen molar-refractivity contribution < 1.29 is 8.42 Å². The van der Waals surface area contributed by atoms with Gasteiger partial charge in [-0.3, -0.25) is 4.99 Å². The van der Waals surface area contributed by atoms with Gasteiger partial charge in [-0.15, -0.1) is 0 Å². The second kappa shape index (κ2) is 8.79. The monoisotopic (exact) mass is 346 g/mol. The zero-order valence-electron chi connectivity index (χ0n) is 13.1. The average Bonchev–Trinajstić information content (AvgIpc) is 3.01. The molecule has 126 valence electrons. The summed E-state index contributed by atoms with van der Waals surface area (Å²) in [6.07, 6.45) is 6.29. The molecular weight excluding hydrogens is 320 g/mol. The Kier molecular flexibility index (Phi) is 7.04. The van der Waals surface area contributed by atoms with Gasteiger partial charge in [-0.25, -0.2) is 12.7 Å². The molecule has 0 aromatic rings. The molecule has 0 spiro atoms. The second-order valence-electron chi connectivity index (χ2n) is 5.37. The maximum absolute atomic E-state index is 12.3. The fourth-order valence-electron chi connectivity index (χ4n) is 2.48. The SMILES string of the molecule is CCNC(=NCCS(=O)(=O)N1CCSCC1)NC1CC=CC1. The van der Waals surface area contributed by atoms with E-state index >= 15 is 0 Å². The third-order valence-corrected chi connectivity index (χ3v) is 6.47. The fourth-order valence-corrected chi connectivity index (χ4v) is 4.93. The van der Waals surface area contributed by atoms with Crippen molar-refractivity contribution in [2.75, 3.05) is 43.4 Å². The molecule has 1 saturated heterocycles. The Morgan fingerprint density at radius 1 is 1.32 bits per heavy atom. The molecule has 6 nitrogen and oxygen atoms in total. The predicted molar refractivity (Wildman–Crippen MR) is 94.0 cm³/mol. The summed E-state index contributed by atoms with van der Waals surface area (Å²) in [5, 5.41) is 6.52. The van der Waals surface area contributed by atoms with Gasteiger partial charge in [0.05, 0.1) is 12.3 Å². The van der Waals surface area contributed by atoms with Gasteiger partial charge in [0.25, 0.3) is 0 Å². The first-order chi connectivity index (χ1) is 10.6. The van der Waals surface area contributed by atoms with E-state index in [1.807, 2.05) is 18.7 Å². The van der Waals surface area contributed by atoms with Gasteiger partial charge in [0, 0.05) is 37.2 Å². The number of thioether (sulfide) groups is 1. The molecule has 22 heavy (non-hydrogen) atoms. The molecule has 0 radical (unpaired) electrons. The van der Waals surface area contributed by atoms with E-state index in [1.165, 1.54) is 0 Å². The van der Waals surface area contributed by atoms with E-state index < -0.39 is 10.0 Å². The van der Waals surface area contributed by atoms with Crippen molar-refractivity contribution >= 4 is 27.7 Å². The molecule has 0 amide bonds. The number of guanidine groups is 1. The largest absolute Gasteiger partial charge is 0.357 e. The normalized spacial score (nSPS) is 21.2. The highest BCUT2D eigenvalue weighted by Crippen LogP contribution is 2.13. The third kappa shape index (κ3) is 5.48. The number of hydrogen-bond acceptors (Lipinski definition) is 4. The smallest absolute Gasteiger partial charge is 0.215 e. The van der Waals surface area contributed by atoms with Crippen LogP contribution in [0.15, 0.2) is 17.1 Å². The van der Waals surface area contributed by atoms with Crippen LogP contribution in [0.2, 0.25) is 0 Å². The highest BCUT2D eigenvalue weighted by Gasteiger charge is 2.23. The summed E-state index contributed by atoms with van der Waals surface area (Å²) in [7, 11) is -3.18. The topological polar surface area (TPSA) is 73.8 Å². The van der Waals surface area contributed by atoms with Crippen LogP contribution >= 0.6 is 11.8 Å². The zero-order chi connectivity index (χ0) is 15.8. The zero-order valence-corrected chi connectivity index (χ0v) is 14.8. The Morgan fingerprint density at radius 2 is 2.00 bits per heavy atom. The van der Waals surface area contributed by atoms with Crippen LogP contribution < -0.4 is 10.6 Å². The molecule has 1 fully saturated rings. The van der Waals surface area contributed by atoms with Gasteiger partial charge in [0.2, 0.25) is 10.0 Å². The first-order valence-electron chi connectivity index (χ1n) is 7.87. The molecule has 1 heterocycles. The van der Waals surface area contributed by atoms with Crippen molar-refractivity contribution in [2.45, 2.75) is 25.8 Å². The minimum absolute atomic E-state index is 0.0805. The number of aliphatic imine (C=N–C) groups is 1. The van der Waals surface area contributed by atoms with Crippen LogP contribution in [-0.4, -0.2) is 68.2 Å². The van der Waals surface area contributed by atoms with Gasteiger partial charge >= 0.3 is 0 Å². The molecule has 1 aliphatic carbocycles. The molecule has 0 unspecified atom stereocenters. The highest BCUT2D eigenvalue weighted by molar-refractivity contribution is 7.99. The molecule has 8 heteroatoms. The number of rotatable bonds is 6. The molecule has 0 aromatic heterocycles. The van der Waals surface area contributed by atoms with E-state index in [2.05, 4.69) is 27.8 Å². The predicted octanol–water partition coefficient (Wildman–Crippen LogP) is 0.639. The lowest BCUT2D eigenvalue weighted by molar-refractivity contribution is 0.444.